The molecule has 3 aromatic carbocycles. The monoisotopic (exact) mass is 388 g/mol. The molecule has 3 aromatic rings. The van der Waals surface area contributed by atoms with Gasteiger partial charge in [0.15, 0.2) is 5.71 Å². The summed E-state index contributed by atoms with van der Waals surface area (Å²) in [6.07, 6.45) is 0.669. The number of carbonyl (C=O) groups excluding carboxylic acids is 2. The summed E-state index contributed by atoms with van der Waals surface area (Å²) in [6, 6.07) is 20.0. The Hall–Kier alpha value is -3.67. The molecule has 1 aliphatic heterocycles. The molecule has 0 fully saturated rings. The van der Waals surface area contributed by atoms with Gasteiger partial charge in [-0.15, -0.1) is 0 Å². The van der Waals surface area contributed by atoms with E-state index in [1.807, 2.05) is 30.3 Å². The quantitative estimate of drug-likeness (QED) is 0.407. The van der Waals surface area contributed by atoms with Crippen LogP contribution in [0.5, 0.6) is 0 Å². The molecule has 1 N–H and O–H groups in total. The second-order valence-electron chi connectivity index (χ2n) is 6.88. The van der Waals surface area contributed by atoms with Crippen molar-refractivity contribution in [2.75, 3.05) is 18.6 Å². The molecule has 1 aliphatic rings. The highest BCUT2D eigenvalue weighted by atomic mass is 16.5. The van der Waals surface area contributed by atoms with Gasteiger partial charge in [-0.05, 0) is 46.5 Å². The Morgan fingerprint density at radius 2 is 1.76 bits per heavy atom. The minimum Gasteiger partial charge on any atom is -0.469 e. The Bertz CT molecular complexity index is 1140. The molecule has 0 saturated carbocycles. The number of methoxy groups -OCH3 is 1. The smallest absolute Gasteiger partial charge is 0.305 e. The molecule has 0 saturated heterocycles. The predicted molar refractivity (Wildman–Crippen MR) is 111 cm³/mol. The van der Waals surface area contributed by atoms with Crippen molar-refractivity contribution >= 4 is 34.0 Å². The van der Waals surface area contributed by atoms with Crippen LogP contribution in [-0.4, -0.2) is 36.4 Å². The van der Waals surface area contributed by atoms with Gasteiger partial charge in [-0.1, -0.05) is 47.6 Å². The zero-order valence-corrected chi connectivity index (χ0v) is 16.0. The molecule has 1 amide bonds. The van der Waals surface area contributed by atoms with Crippen LogP contribution in [0.4, 0.5) is 5.69 Å². The van der Waals surface area contributed by atoms with Crippen molar-refractivity contribution in [3.63, 3.8) is 0 Å². The van der Waals surface area contributed by atoms with Gasteiger partial charge in [-0.2, -0.15) is 0 Å². The number of rotatable bonds is 5. The van der Waals surface area contributed by atoms with E-state index in [-0.39, 0.29) is 24.0 Å². The average molecular weight is 388 g/mol. The SMILES string of the molecule is COC(=O)CCCN1C(=O)/C(=N/O)c2ccc(-c3ccc4ccccc4c3)cc21. The first-order valence-corrected chi connectivity index (χ1v) is 9.36. The van der Waals surface area contributed by atoms with Gasteiger partial charge < -0.3 is 14.8 Å². The summed E-state index contributed by atoms with van der Waals surface area (Å²) in [7, 11) is 1.34. The van der Waals surface area contributed by atoms with E-state index in [4.69, 9.17) is 0 Å². The van der Waals surface area contributed by atoms with Crippen LogP contribution >= 0.6 is 0 Å². The second kappa shape index (κ2) is 7.75. The van der Waals surface area contributed by atoms with Crippen LogP contribution in [0.25, 0.3) is 21.9 Å². The van der Waals surface area contributed by atoms with Crippen LogP contribution in [0.3, 0.4) is 0 Å². The van der Waals surface area contributed by atoms with Crippen molar-refractivity contribution in [3.05, 3.63) is 66.2 Å². The Balaban J connectivity index is 1.69. The summed E-state index contributed by atoms with van der Waals surface area (Å²) in [5.41, 5.74) is 3.27. The number of oxime groups is 1. The van der Waals surface area contributed by atoms with Crippen molar-refractivity contribution in [3.8, 4) is 11.1 Å². The van der Waals surface area contributed by atoms with Crippen molar-refractivity contribution in [1.82, 2.24) is 0 Å². The van der Waals surface area contributed by atoms with Crippen molar-refractivity contribution < 1.29 is 19.5 Å². The molecular formula is C23H20N2O4. The van der Waals surface area contributed by atoms with Gasteiger partial charge in [0.05, 0.1) is 12.8 Å². The Morgan fingerprint density at radius 1 is 1.03 bits per heavy atom. The maximum absolute atomic E-state index is 12.7. The summed E-state index contributed by atoms with van der Waals surface area (Å²) in [5.74, 6) is -0.694. The lowest BCUT2D eigenvalue weighted by Gasteiger charge is -2.17. The van der Waals surface area contributed by atoms with Gasteiger partial charge in [-0.3, -0.25) is 9.59 Å². The van der Waals surface area contributed by atoms with E-state index in [9.17, 15) is 14.8 Å². The van der Waals surface area contributed by atoms with Crippen LogP contribution in [0.1, 0.15) is 18.4 Å². The third-order valence-electron chi connectivity index (χ3n) is 5.16. The lowest BCUT2D eigenvalue weighted by Crippen LogP contribution is -2.31. The molecular weight excluding hydrogens is 368 g/mol. The lowest BCUT2D eigenvalue weighted by molar-refractivity contribution is -0.140. The first-order valence-electron chi connectivity index (χ1n) is 9.36. The summed E-state index contributed by atoms with van der Waals surface area (Å²) in [4.78, 5) is 25.6. The van der Waals surface area contributed by atoms with Crippen LogP contribution in [0.15, 0.2) is 65.8 Å². The Kier molecular flexibility index (Phi) is 4.99. The number of hydrogen-bond donors (Lipinski definition) is 1. The van der Waals surface area contributed by atoms with E-state index < -0.39 is 0 Å². The molecule has 6 nitrogen and oxygen atoms in total. The first-order chi connectivity index (χ1) is 14.1. The fourth-order valence-electron chi connectivity index (χ4n) is 3.66. The molecule has 1 heterocycles. The van der Waals surface area contributed by atoms with Crippen molar-refractivity contribution in [1.29, 1.82) is 0 Å². The molecule has 0 aromatic heterocycles. The van der Waals surface area contributed by atoms with E-state index in [1.165, 1.54) is 7.11 Å². The number of hydrogen-bond acceptors (Lipinski definition) is 5. The van der Waals surface area contributed by atoms with Crippen molar-refractivity contribution in [2.45, 2.75) is 12.8 Å². The number of esters is 1. The van der Waals surface area contributed by atoms with E-state index in [0.717, 1.165) is 21.9 Å². The molecule has 0 aliphatic carbocycles. The van der Waals surface area contributed by atoms with Crippen LogP contribution in [0, 0.1) is 0 Å². The van der Waals surface area contributed by atoms with Gasteiger partial charge in [0.25, 0.3) is 5.91 Å². The van der Waals surface area contributed by atoms with Gasteiger partial charge in [0.2, 0.25) is 0 Å². The first kappa shape index (κ1) is 18.7. The Morgan fingerprint density at radius 3 is 2.52 bits per heavy atom. The molecule has 0 atom stereocenters. The lowest BCUT2D eigenvalue weighted by atomic mass is 9.99. The van der Waals surface area contributed by atoms with Gasteiger partial charge in [0.1, 0.15) is 0 Å². The predicted octanol–water partition coefficient (Wildman–Crippen LogP) is 3.98. The van der Waals surface area contributed by atoms with Crippen LogP contribution in [-0.2, 0) is 14.3 Å². The zero-order chi connectivity index (χ0) is 20.4. The number of nitrogens with zero attached hydrogens (tertiary/aromatic N) is 2. The third kappa shape index (κ3) is 3.45. The van der Waals surface area contributed by atoms with Crippen LogP contribution < -0.4 is 4.90 Å². The second-order valence-corrected chi connectivity index (χ2v) is 6.88. The largest absolute Gasteiger partial charge is 0.469 e. The molecule has 0 spiro atoms. The Labute approximate surface area is 168 Å². The number of amides is 1. The van der Waals surface area contributed by atoms with Gasteiger partial charge >= 0.3 is 5.97 Å². The van der Waals surface area contributed by atoms with E-state index in [1.54, 1.807) is 11.0 Å². The van der Waals surface area contributed by atoms with Gasteiger partial charge in [-0.25, -0.2) is 0 Å². The van der Waals surface area contributed by atoms with Crippen LogP contribution in [0.2, 0.25) is 0 Å². The number of fused-ring (bicyclic) bond motifs is 2. The van der Waals surface area contributed by atoms with Gasteiger partial charge in [0, 0.05) is 18.5 Å². The standard InChI is InChI=1S/C23H20N2O4/c1-29-21(26)7-4-12-25-20-14-18(10-11-19(20)22(24-28)23(25)27)17-9-8-15-5-2-3-6-16(15)13-17/h2-3,5-6,8-11,13-14,28H,4,7,12H2,1H3/b24-22+. The summed E-state index contributed by atoms with van der Waals surface area (Å²) < 4.78 is 4.66. The molecule has 146 valence electrons. The number of benzene rings is 3. The summed E-state index contributed by atoms with van der Waals surface area (Å²) >= 11 is 0. The van der Waals surface area contributed by atoms with Crippen molar-refractivity contribution in [2.24, 2.45) is 5.16 Å². The van der Waals surface area contributed by atoms with E-state index in [0.29, 0.717) is 24.2 Å². The zero-order valence-electron chi connectivity index (χ0n) is 16.0. The highest BCUT2D eigenvalue weighted by molar-refractivity contribution is 6.54. The molecule has 6 heteroatoms. The topological polar surface area (TPSA) is 79.2 Å². The number of ether oxygens (including phenoxy) is 1. The third-order valence-corrected chi connectivity index (χ3v) is 5.16. The average Bonchev–Trinajstić information content (AvgIpc) is 3.03. The number of carbonyl (C=O) groups is 2. The summed E-state index contributed by atoms with van der Waals surface area (Å²) in [6.45, 7) is 0.334. The molecule has 0 bridgehead atoms. The minimum atomic E-state index is -0.372. The molecule has 4 rings (SSSR count). The molecule has 0 radical (unpaired) electrons. The molecule has 29 heavy (non-hydrogen) atoms. The van der Waals surface area contributed by atoms with E-state index >= 15 is 0 Å². The highest BCUT2D eigenvalue weighted by Crippen LogP contribution is 2.35. The summed E-state index contributed by atoms with van der Waals surface area (Å²) in [5, 5.41) is 14.8. The maximum atomic E-state index is 12.7. The maximum Gasteiger partial charge on any atom is 0.305 e. The number of anilines is 1. The molecule has 0 unspecified atom stereocenters. The highest BCUT2D eigenvalue weighted by Gasteiger charge is 2.34. The minimum absolute atomic E-state index is 0.0168. The normalized spacial score (nSPS) is 14.4. The van der Waals surface area contributed by atoms with E-state index in [2.05, 4.69) is 34.2 Å². The fourth-order valence-corrected chi connectivity index (χ4v) is 3.66. The fraction of sp³-hybridized carbons (Fsp3) is 0.174.